The van der Waals surface area contributed by atoms with Gasteiger partial charge in [-0.05, 0) is 56.9 Å². The van der Waals surface area contributed by atoms with Gasteiger partial charge < -0.3 is 10.5 Å². The summed E-state index contributed by atoms with van der Waals surface area (Å²) in [5.41, 5.74) is 10.2. The van der Waals surface area contributed by atoms with Crippen molar-refractivity contribution in [3.8, 4) is 5.75 Å². The molecule has 1 aliphatic rings. The molecule has 0 radical (unpaired) electrons. The predicted octanol–water partition coefficient (Wildman–Crippen LogP) is 4.36. The van der Waals surface area contributed by atoms with Crippen LogP contribution >= 0.6 is 11.3 Å². The van der Waals surface area contributed by atoms with Crippen LogP contribution in [0.5, 0.6) is 5.75 Å². The van der Waals surface area contributed by atoms with Crippen LogP contribution in [-0.2, 0) is 13.1 Å². The summed E-state index contributed by atoms with van der Waals surface area (Å²) in [5, 5.41) is 1.12. The zero-order chi connectivity index (χ0) is 19.3. The third-order valence-corrected chi connectivity index (χ3v) is 6.26. The SMILES string of the molecule is CCOc1ccc2nc(CN(Cc3cncs3)C3CCC(N)CC3)ccc2c1. The fraction of sp³-hybridized carbons (Fsp3) is 0.455. The standard InChI is InChI=1S/C22H28N4OS/c1-2-27-20-9-10-22-16(11-20)3-6-18(25-22)13-26(14-21-12-24-15-28-21)19-7-4-17(23)5-8-19/h3,6,9-12,15,17,19H,2,4-5,7-8,13-14,23H2,1H3. The minimum Gasteiger partial charge on any atom is -0.494 e. The number of ether oxygens (including phenoxy) is 1. The maximum Gasteiger partial charge on any atom is 0.120 e. The number of rotatable bonds is 7. The molecule has 6 heteroatoms. The van der Waals surface area contributed by atoms with Gasteiger partial charge in [-0.15, -0.1) is 11.3 Å². The molecule has 1 fully saturated rings. The van der Waals surface area contributed by atoms with Gasteiger partial charge >= 0.3 is 0 Å². The molecule has 0 bridgehead atoms. The van der Waals surface area contributed by atoms with E-state index >= 15 is 0 Å². The van der Waals surface area contributed by atoms with E-state index in [1.54, 1.807) is 11.3 Å². The smallest absolute Gasteiger partial charge is 0.120 e. The van der Waals surface area contributed by atoms with Crippen molar-refractivity contribution in [2.24, 2.45) is 5.73 Å². The van der Waals surface area contributed by atoms with Gasteiger partial charge in [0.25, 0.3) is 0 Å². The molecule has 0 saturated heterocycles. The summed E-state index contributed by atoms with van der Waals surface area (Å²) in [6.45, 7) is 4.45. The van der Waals surface area contributed by atoms with Gasteiger partial charge in [0, 0.05) is 41.6 Å². The van der Waals surface area contributed by atoms with Crippen molar-refractivity contribution in [1.29, 1.82) is 0 Å². The topological polar surface area (TPSA) is 64.3 Å². The lowest BCUT2D eigenvalue weighted by molar-refractivity contribution is 0.134. The first kappa shape index (κ1) is 19.3. The van der Waals surface area contributed by atoms with Gasteiger partial charge in [0.2, 0.25) is 0 Å². The molecule has 0 unspecified atom stereocenters. The lowest BCUT2D eigenvalue weighted by atomic mass is 9.90. The second-order valence-electron chi connectivity index (χ2n) is 7.53. The number of thiazole rings is 1. The number of nitrogens with zero attached hydrogens (tertiary/aromatic N) is 3. The van der Waals surface area contributed by atoms with Crippen LogP contribution in [0, 0.1) is 0 Å². The number of aromatic nitrogens is 2. The molecule has 0 atom stereocenters. The van der Waals surface area contributed by atoms with Gasteiger partial charge in [0.05, 0.1) is 23.3 Å². The third-order valence-electron chi connectivity index (χ3n) is 5.49. The van der Waals surface area contributed by atoms with Crippen molar-refractivity contribution >= 4 is 22.2 Å². The molecule has 2 N–H and O–H groups in total. The molecular weight excluding hydrogens is 368 g/mol. The maximum absolute atomic E-state index is 6.13. The molecule has 1 aliphatic carbocycles. The molecule has 28 heavy (non-hydrogen) atoms. The minimum atomic E-state index is 0.361. The average molecular weight is 397 g/mol. The van der Waals surface area contributed by atoms with Gasteiger partial charge in [-0.3, -0.25) is 14.9 Å². The molecule has 0 aliphatic heterocycles. The quantitative estimate of drug-likeness (QED) is 0.643. The molecule has 3 aromatic rings. The fourth-order valence-corrected chi connectivity index (χ4v) is 4.62. The highest BCUT2D eigenvalue weighted by atomic mass is 32.1. The van der Waals surface area contributed by atoms with E-state index in [1.165, 1.54) is 4.88 Å². The number of nitrogens with two attached hydrogens (primary N) is 1. The fourth-order valence-electron chi connectivity index (χ4n) is 4.00. The Bertz CT molecular complexity index is 891. The van der Waals surface area contributed by atoms with Gasteiger partial charge in [-0.2, -0.15) is 0 Å². The Morgan fingerprint density at radius 2 is 2.00 bits per heavy atom. The molecule has 2 heterocycles. The average Bonchev–Trinajstić information content (AvgIpc) is 3.22. The number of hydrogen-bond acceptors (Lipinski definition) is 6. The van der Waals surface area contributed by atoms with E-state index in [0.29, 0.717) is 18.7 Å². The molecule has 148 valence electrons. The molecular formula is C22H28N4OS. The molecule has 4 rings (SSSR count). The number of pyridine rings is 1. The van der Waals surface area contributed by atoms with Gasteiger partial charge in [-0.25, -0.2) is 0 Å². The Labute approximate surface area is 170 Å². The maximum atomic E-state index is 6.13. The predicted molar refractivity (Wildman–Crippen MR) is 115 cm³/mol. The van der Waals surface area contributed by atoms with Crippen LogP contribution < -0.4 is 10.5 Å². The molecule has 0 amide bonds. The van der Waals surface area contributed by atoms with E-state index in [2.05, 4.69) is 34.1 Å². The number of fused-ring (bicyclic) bond motifs is 1. The zero-order valence-corrected chi connectivity index (χ0v) is 17.2. The Kier molecular flexibility index (Phi) is 6.20. The van der Waals surface area contributed by atoms with E-state index in [9.17, 15) is 0 Å². The summed E-state index contributed by atoms with van der Waals surface area (Å²) >= 11 is 1.72. The van der Waals surface area contributed by atoms with Gasteiger partial charge in [0.1, 0.15) is 5.75 Å². The monoisotopic (exact) mass is 396 g/mol. The lowest BCUT2D eigenvalue weighted by Crippen LogP contribution is -2.40. The van der Waals surface area contributed by atoms with Gasteiger partial charge in [-0.1, -0.05) is 6.07 Å². The molecule has 2 aromatic heterocycles. The van der Waals surface area contributed by atoms with Crippen molar-refractivity contribution < 1.29 is 4.74 Å². The Morgan fingerprint density at radius 1 is 1.14 bits per heavy atom. The summed E-state index contributed by atoms with van der Waals surface area (Å²) < 4.78 is 5.60. The first-order chi connectivity index (χ1) is 13.7. The summed E-state index contributed by atoms with van der Waals surface area (Å²) in [5.74, 6) is 0.898. The van der Waals surface area contributed by atoms with E-state index in [1.807, 2.05) is 24.7 Å². The Hall–Kier alpha value is -2.02. The molecule has 1 saturated carbocycles. The van der Waals surface area contributed by atoms with Crippen LogP contribution in [0.2, 0.25) is 0 Å². The minimum absolute atomic E-state index is 0.361. The third kappa shape index (κ3) is 4.69. The van der Waals surface area contributed by atoms with Crippen molar-refractivity contribution in [3.05, 3.63) is 52.6 Å². The second-order valence-corrected chi connectivity index (χ2v) is 8.50. The summed E-state index contributed by atoms with van der Waals surface area (Å²) in [7, 11) is 0. The molecule has 1 aromatic carbocycles. The highest BCUT2D eigenvalue weighted by Crippen LogP contribution is 2.27. The van der Waals surface area contributed by atoms with Crippen molar-refractivity contribution in [1.82, 2.24) is 14.9 Å². The molecule has 5 nitrogen and oxygen atoms in total. The lowest BCUT2D eigenvalue weighted by Gasteiger charge is -2.35. The van der Waals surface area contributed by atoms with Gasteiger partial charge in [0.15, 0.2) is 0 Å². The van der Waals surface area contributed by atoms with Crippen molar-refractivity contribution in [2.75, 3.05) is 6.61 Å². The first-order valence-corrected chi connectivity index (χ1v) is 11.0. The van der Waals surface area contributed by atoms with Crippen LogP contribution in [0.3, 0.4) is 0 Å². The van der Waals surface area contributed by atoms with Crippen LogP contribution in [0.15, 0.2) is 42.0 Å². The van der Waals surface area contributed by atoms with Crippen molar-refractivity contribution in [2.45, 2.75) is 57.8 Å². The number of benzene rings is 1. The van der Waals surface area contributed by atoms with Crippen LogP contribution in [0.4, 0.5) is 0 Å². The largest absolute Gasteiger partial charge is 0.494 e. The van der Waals surface area contributed by atoms with Crippen molar-refractivity contribution in [3.63, 3.8) is 0 Å². The van der Waals surface area contributed by atoms with E-state index in [4.69, 9.17) is 15.5 Å². The van der Waals surface area contributed by atoms with Crippen LogP contribution in [0.1, 0.15) is 43.2 Å². The highest BCUT2D eigenvalue weighted by molar-refractivity contribution is 7.09. The first-order valence-electron chi connectivity index (χ1n) is 10.1. The normalized spacial score (nSPS) is 20.0. The van der Waals surface area contributed by atoms with E-state index in [-0.39, 0.29) is 0 Å². The molecule has 0 spiro atoms. The summed E-state index contributed by atoms with van der Waals surface area (Å²) in [6.07, 6.45) is 6.51. The van der Waals surface area contributed by atoms with Crippen LogP contribution in [0.25, 0.3) is 10.9 Å². The summed E-state index contributed by atoms with van der Waals surface area (Å²) in [4.78, 5) is 13.0. The Balaban J connectivity index is 1.54. The van der Waals surface area contributed by atoms with Crippen LogP contribution in [-0.4, -0.2) is 33.6 Å². The number of hydrogen-bond donors (Lipinski definition) is 1. The van der Waals surface area contributed by atoms with E-state index in [0.717, 1.165) is 61.1 Å². The summed E-state index contributed by atoms with van der Waals surface area (Å²) in [6, 6.07) is 11.3. The second kappa shape index (κ2) is 8.99. The highest BCUT2D eigenvalue weighted by Gasteiger charge is 2.25. The zero-order valence-electron chi connectivity index (χ0n) is 16.4. The Morgan fingerprint density at radius 3 is 2.75 bits per heavy atom. The van der Waals surface area contributed by atoms with E-state index < -0.39 is 0 Å².